The fraction of sp³-hybridized carbons (Fsp3) is 0.273. The van der Waals surface area contributed by atoms with Crippen LogP contribution in [-0.2, 0) is 10.2 Å². The first-order valence-electron chi connectivity index (χ1n) is 8.78. The van der Waals surface area contributed by atoms with E-state index >= 15 is 0 Å². The molecule has 0 amide bonds. The Kier molecular flexibility index (Phi) is 5.31. The van der Waals surface area contributed by atoms with Gasteiger partial charge in [-0.2, -0.15) is 0 Å². The highest BCUT2D eigenvalue weighted by Gasteiger charge is 2.14. The maximum Gasteiger partial charge on any atom is 0.374 e. The predicted molar refractivity (Wildman–Crippen MR) is 103 cm³/mol. The molecule has 0 N–H and O–H groups in total. The summed E-state index contributed by atoms with van der Waals surface area (Å²) in [7, 11) is 0. The normalized spacial score (nSPS) is 11.4. The van der Waals surface area contributed by atoms with Crippen LogP contribution in [0.4, 0.5) is 0 Å². The lowest BCUT2D eigenvalue weighted by atomic mass is 9.87. The van der Waals surface area contributed by atoms with Crippen LogP contribution in [0.1, 0.15) is 36.9 Å². The molecule has 3 aromatic rings. The topological polar surface area (TPSA) is 65.7 Å². The number of hydrogen-bond donors (Lipinski definition) is 0. The van der Waals surface area contributed by atoms with Gasteiger partial charge in [-0.25, -0.2) is 4.79 Å². The minimum absolute atomic E-state index is 0.0520. The number of benzene rings is 2. The van der Waals surface area contributed by atoms with Crippen molar-refractivity contribution in [2.24, 2.45) is 0 Å². The number of para-hydroxylation sites is 1. The SMILES string of the molecule is CC(C)(C)c1ccc(OCCOC(=O)c2cc(=O)c3ccccc3o2)cc1. The van der Waals surface area contributed by atoms with E-state index in [9.17, 15) is 9.59 Å². The van der Waals surface area contributed by atoms with E-state index in [1.165, 1.54) is 5.56 Å². The van der Waals surface area contributed by atoms with Gasteiger partial charge in [-0.1, -0.05) is 45.0 Å². The summed E-state index contributed by atoms with van der Waals surface area (Å²) < 4.78 is 16.2. The molecule has 0 spiro atoms. The first-order valence-corrected chi connectivity index (χ1v) is 8.78. The van der Waals surface area contributed by atoms with Gasteiger partial charge in [0.25, 0.3) is 0 Å². The highest BCUT2D eigenvalue weighted by Crippen LogP contribution is 2.24. The molecule has 3 rings (SSSR count). The monoisotopic (exact) mass is 366 g/mol. The molecule has 0 saturated heterocycles. The second kappa shape index (κ2) is 7.66. The number of ether oxygens (including phenoxy) is 2. The molecule has 0 aliphatic carbocycles. The molecule has 0 unspecified atom stereocenters. The fourth-order valence-corrected chi connectivity index (χ4v) is 2.62. The lowest BCUT2D eigenvalue weighted by Gasteiger charge is -2.19. The molecule has 27 heavy (non-hydrogen) atoms. The quantitative estimate of drug-likeness (QED) is 0.497. The van der Waals surface area contributed by atoms with Crippen LogP contribution in [0.15, 0.2) is 63.8 Å². The van der Waals surface area contributed by atoms with Crippen molar-refractivity contribution in [1.82, 2.24) is 0 Å². The van der Waals surface area contributed by atoms with Gasteiger partial charge in [-0.05, 0) is 35.2 Å². The lowest BCUT2D eigenvalue weighted by molar-refractivity contribution is 0.0415. The van der Waals surface area contributed by atoms with Crippen LogP contribution in [0.5, 0.6) is 5.75 Å². The number of fused-ring (bicyclic) bond motifs is 1. The molecule has 0 aliphatic heterocycles. The van der Waals surface area contributed by atoms with Crippen molar-refractivity contribution >= 4 is 16.9 Å². The average molecular weight is 366 g/mol. The maximum absolute atomic E-state index is 12.1. The van der Waals surface area contributed by atoms with Gasteiger partial charge in [-0.15, -0.1) is 0 Å². The lowest BCUT2D eigenvalue weighted by Crippen LogP contribution is -2.14. The summed E-state index contributed by atoms with van der Waals surface area (Å²) in [5.74, 6) is -0.103. The number of rotatable bonds is 5. The van der Waals surface area contributed by atoms with Crippen molar-refractivity contribution in [3.63, 3.8) is 0 Å². The van der Waals surface area contributed by atoms with Crippen LogP contribution >= 0.6 is 0 Å². The van der Waals surface area contributed by atoms with Crippen molar-refractivity contribution in [3.05, 3.63) is 76.1 Å². The third kappa shape index (κ3) is 4.56. The predicted octanol–water partition coefficient (Wildman–Crippen LogP) is 4.33. The highest BCUT2D eigenvalue weighted by atomic mass is 16.6. The van der Waals surface area contributed by atoms with Crippen LogP contribution < -0.4 is 10.2 Å². The van der Waals surface area contributed by atoms with Crippen molar-refractivity contribution < 1.29 is 18.7 Å². The van der Waals surface area contributed by atoms with Crippen LogP contribution in [0.25, 0.3) is 11.0 Å². The van der Waals surface area contributed by atoms with Crippen molar-refractivity contribution in [2.45, 2.75) is 26.2 Å². The largest absolute Gasteiger partial charge is 0.490 e. The first kappa shape index (κ1) is 18.7. The van der Waals surface area contributed by atoms with Gasteiger partial charge >= 0.3 is 5.97 Å². The Labute approximate surface area is 157 Å². The van der Waals surface area contributed by atoms with Gasteiger partial charge in [0.05, 0.1) is 5.39 Å². The third-order valence-corrected chi connectivity index (χ3v) is 4.14. The molecule has 5 heteroatoms. The molecule has 2 aromatic carbocycles. The van der Waals surface area contributed by atoms with Crippen LogP contribution in [0.3, 0.4) is 0 Å². The molecule has 140 valence electrons. The van der Waals surface area contributed by atoms with Gasteiger partial charge in [0, 0.05) is 6.07 Å². The Morgan fingerprint density at radius 3 is 2.41 bits per heavy atom. The summed E-state index contributed by atoms with van der Waals surface area (Å²) in [6.07, 6.45) is 0. The minimum atomic E-state index is -0.690. The summed E-state index contributed by atoms with van der Waals surface area (Å²) in [6, 6.07) is 15.7. The number of hydrogen-bond acceptors (Lipinski definition) is 5. The molecule has 0 radical (unpaired) electrons. The molecular weight excluding hydrogens is 344 g/mol. The van der Waals surface area contributed by atoms with Crippen molar-refractivity contribution in [2.75, 3.05) is 13.2 Å². The maximum atomic E-state index is 12.1. The van der Waals surface area contributed by atoms with Crippen LogP contribution in [0.2, 0.25) is 0 Å². The molecular formula is C22H22O5. The Hall–Kier alpha value is -3.08. The van der Waals surface area contributed by atoms with E-state index in [1.807, 2.05) is 24.3 Å². The van der Waals surface area contributed by atoms with E-state index in [1.54, 1.807) is 24.3 Å². The molecule has 0 aliphatic rings. The smallest absolute Gasteiger partial charge is 0.374 e. The Bertz CT molecular complexity index is 994. The molecule has 1 heterocycles. The number of carbonyl (C=O) groups excluding carboxylic acids is 1. The summed E-state index contributed by atoms with van der Waals surface area (Å²) in [5, 5.41) is 0.427. The van der Waals surface area contributed by atoms with E-state index < -0.39 is 5.97 Å². The average Bonchev–Trinajstić information content (AvgIpc) is 2.64. The number of esters is 1. The second-order valence-electron chi connectivity index (χ2n) is 7.23. The second-order valence-corrected chi connectivity index (χ2v) is 7.23. The summed E-state index contributed by atoms with van der Waals surface area (Å²) >= 11 is 0. The summed E-state index contributed by atoms with van der Waals surface area (Å²) in [4.78, 5) is 24.1. The van der Waals surface area contributed by atoms with Crippen LogP contribution in [-0.4, -0.2) is 19.2 Å². The van der Waals surface area contributed by atoms with Gasteiger partial charge in [-0.3, -0.25) is 4.79 Å². The zero-order chi connectivity index (χ0) is 19.4. The van der Waals surface area contributed by atoms with E-state index in [0.717, 1.165) is 6.07 Å². The number of carbonyl (C=O) groups is 1. The van der Waals surface area contributed by atoms with E-state index in [-0.39, 0.29) is 29.8 Å². The standard InChI is InChI=1S/C22H22O5/c1-22(2,3)15-8-10-16(11-9-15)25-12-13-26-21(24)20-14-18(23)17-6-4-5-7-19(17)27-20/h4-11,14H,12-13H2,1-3H3. The first-order chi connectivity index (χ1) is 12.8. The van der Waals surface area contributed by atoms with Gasteiger partial charge in [0.2, 0.25) is 5.76 Å². The molecule has 5 nitrogen and oxygen atoms in total. The van der Waals surface area contributed by atoms with Gasteiger partial charge in [0.15, 0.2) is 5.43 Å². The zero-order valence-electron chi connectivity index (χ0n) is 15.7. The summed E-state index contributed by atoms with van der Waals surface area (Å²) in [5.41, 5.74) is 1.37. The fourth-order valence-electron chi connectivity index (χ4n) is 2.62. The van der Waals surface area contributed by atoms with E-state index in [0.29, 0.717) is 16.7 Å². The van der Waals surface area contributed by atoms with E-state index in [4.69, 9.17) is 13.9 Å². The van der Waals surface area contributed by atoms with Gasteiger partial charge in [0.1, 0.15) is 24.5 Å². The molecule has 1 aromatic heterocycles. The Morgan fingerprint density at radius 2 is 1.70 bits per heavy atom. The van der Waals surface area contributed by atoms with Crippen molar-refractivity contribution in [1.29, 1.82) is 0 Å². The molecule has 0 fully saturated rings. The highest BCUT2D eigenvalue weighted by molar-refractivity contribution is 5.88. The van der Waals surface area contributed by atoms with Gasteiger partial charge < -0.3 is 13.9 Å². The van der Waals surface area contributed by atoms with Crippen molar-refractivity contribution in [3.8, 4) is 5.75 Å². The Morgan fingerprint density at radius 1 is 1.00 bits per heavy atom. The van der Waals surface area contributed by atoms with Crippen LogP contribution in [0, 0.1) is 0 Å². The molecule has 0 saturated carbocycles. The molecule has 0 bridgehead atoms. The molecule has 0 atom stereocenters. The zero-order valence-corrected chi connectivity index (χ0v) is 15.7. The minimum Gasteiger partial charge on any atom is -0.490 e. The summed E-state index contributed by atoms with van der Waals surface area (Å²) in [6.45, 7) is 6.70. The third-order valence-electron chi connectivity index (χ3n) is 4.14. The van der Waals surface area contributed by atoms with E-state index in [2.05, 4.69) is 20.8 Å². The Balaban J connectivity index is 1.55.